The lowest BCUT2D eigenvalue weighted by atomic mass is 10.0. The minimum Gasteiger partial charge on any atom is -0.496 e. The van der Waals surface area contributed by atoms with E-state index in [0.717, 1.165) is 60.7 Å². The number of benzene rings is 1. The van der Waals surface area contributed by atoms with Gasteiger partial charge < -0.3 is 9.72 Å². The van der Waals surface area contributed by atoms with Crippen LogP contribution in [0.3, 0.4) is 0 Å². The Kier molecular flexibility index (Phi) is 5.23. The molecule has 0 spiro atoms. The Labute approximate surface area is 149 Å². The fourth-order valence-corrected chi connectivity index (χ4v) is 3.50. The molecule has 1 aliphatic heterocycles. The number of aromatic nitrogens is 2. The van der Waals surface area contributed by atoms with Crippen LogP contribution in [0, 0.1) is 13.8 Å². The summed E-state index contributed by atoms with van der Waals surface area (Å²) >= 11 is 0. The summed E-state index contributed by atoms with van der Waals surface area (Å²) in [6.07, 6.45) is 2.66. The van der Waals surface area contributed by atoms with Crippen molar-refractivity contribution in [3.05, 3.63) is 56.3 Å². The van der Waals surface area contributed by atoms with Crippen molar-refractivity contribution >= 4 is 0 Å². The van der Waals surface area contributed by atoms with Gasteiger partial charge in [-0.05, 0) is 43.0 Å². The average molecular weight is 341 g/mol. The molecule has 0 amide bonds. The molecular weight excluding hydrogens is 314 g/mol. The van der Waals surface area contributed by atoms with Crippen molar-refractivity contribution < 1.29 is 4.74 Å². The number of nitrogens with zero attached hydrogens (tertiary/aromatic N) is 2. The van der Waals surface area contributed by atoms with Crippen LogP contribution in [-0.2, 0) is 25.9 Å². The first-order chi connectivity index (χ1) is 12.0. The normalized spacial score (nSPS) is 14.4. The highest BCUT2D eigenvalue weighted by molar-refractivity contribution is 5.41. The molecule has 5 heteroatoms. The molecule has 1 N–H and O–H groups in total. The van der Waals surface area contributed by atoms with Gasteiger partial charge in [-0.2, -0.15) is 0 Å². The van der Waals surface area contributed by atoms with Gasteiger partial charge in [-0.25, -0.2) is 4.98 Å². The first kappa shape index (κ1) is 17.7. The maximum atomic E-state index is 12.4. The molecule has 0 unspecified atom stereocenters. The number of rotatable bonds is 5. The molecule has 3 rings (SSSR count). The monoisotopic (exact) mass is 341 g/mol. The largest absolute Gasteiger partial charge is 0.496 e. The van der Waals surface area contributed by atoms with Crippen LogP contribution in [0.4, 0.5) is 0 Å². The van der Waals surface area contributed by atoms with Crippen LogP contribution in [0.1, 0.15) is 47.1 Å². The second kappa shape index (κ2) is 7.40. The molecule has 134 valence electrons. The molecule has 0 saturated heterocycles. The van der Waals surface area contributed by atoms with Crippen molar-refractivity contribution in [2.24, 2.45) is 0 Å². The summed E-state index contributed by atoms with van der Waals surface area (Å²) in [6.45, 7) is 8.71. The van der Waals surface area contributed by atoms with Crippen molar-refractivity contribution in [2.75, 3.05) is 13.7 Å². The quantitative estimate of drug-likeness (QED) is 0.908. The molecule has 0 radical (unpaired) electrons. The van der Waals surface area contributed by atoms with Crippen molar-refractivity contribution in [2.45, 2.75) is 53.1 Å². The molecule has 0 saturated carbocycles. The van der Waals surface area contributed by atoms with E-state index in [-0.39, 0.29) is 5.56 Å². The van der Waals surface area contributed by atoms with Gasteiger partial charge in [0.05, 0.1) is 18.4 Å². The zero-order valence-corrected chi connectivity index (χ0v) is 15.6. The zero-order chi connectivity index (χ0) is 18.0. The molecule has 0 aliphatic carbocycles. The van der Waals surface area contributed by atoms with Crippen LogP contribution in [-0.4, -0.2) is 28.5 Å². The number of nitrogens with one attached hydrogen (secondary N) is 1. The molecule has 2 aromatic rings. The lowest BCUT2D eigenvalue weighted by Crippen LogP contribution is -2.36. The predicted octanol–water partition coefficient (Wildman–Crippen LogP) is 2.91. The van der Waals surface area contributed by atoms with Crippen LogP contribution < -0.4 is 10.3 Å². The van der Waals surface area contributed by atoms with E-state index in [1.54, 1.807) is 7.11 Å². The van der Waals surface area contributed by atoms with Crippen LogP contribution in [0.2, 0.25) is 0 Å². The minimum atomic E-state index is 0.0285. The van der Waals surface area contributed by atoms with E-state index in [2.05, 4.69) is 47.8 Å². The smallest absolute Gasteiger partial charge is 0.255 e. The highest BCUT2D eigenvalue weighted by Crippen LogP contribution is 2.25. The highest BCUT2D eigenvalue weighted by atomic mass is 16.5. The van der Waals surface area contributed by atoms with E-state index in [0.29, 0.717) is 6.54 Å². The molecule has 0 atom stereocenters. The third-order valence-corrected chi connectivity index (χ3v) is 4.93. The molecule has 25 heavy (non-hydrogen) atoms. The van der Waals surface area contributed by atoms with Gasteiger partial charge in [0.25, 0.3) is 5.56 Å². The molecule has 1 aromatic carbocycles. The van der Waals surface area contributed by atoms with Gasteiger partial charge in [0, 0.05) is 32.5 Å². The second-order valence-corrected chi connectivity index (χ2v) is 6.90. The topological polar surface area (TPSA) is 58.2 Å². The molecular formula is C20H27N3O2. The minimum absolute atomic E-state index is 0.0285. The third kappa shape index (κ3) is 3.76. The summed E-state index contributed by atoms with van der Waals surface area (Å²) in [5.41, 5.74) is 5.48. The van der Waals surface area contributed by atoms with E-state index in [9.17, 15) is 4.79 Å². The molecule has 0 fully saturated rings. The standard InChI is InChI=1S/C20H27N3O2/c1-5-6-19-21-17-7-8-23(12-16(17)20(24)22-19)11-15-9-14(3)18(25-4)10-13(15)2/h9-10H,5-8,11-12H2,1-4H3,(H,21,22,24). The summed E-state index contributed by atoms with van der Waals surface area (Å²) < 4.78 is 5.40. The number of H-pyrrole nitrogens is 1. The second-order valence-electron chi connectivity index (χ2n) is 6.90. The molecule has 1 aromatic heterocycles. The lowest BCUT2D eigenvalue weighted by molar-refractivity contribution is 0.241. The van der Waals surface area contributed by atoms with Gasteiger partial charge in [0.2, 0.25) is 0 Å². The maximum Gasteiger partial charge on any atom is 0.255 e. The van der Waals surface area contributed by atoms with Crippen LogP contribution in [0.25, 0.3) is 0 Å². The van der Waals surface area contributed by atoms with Crippen molar-refractivity contribution in [3.8, 4) is 5.75 Å². The molecule has 5 nitrogen and oxygen atoms in total. The molecule has 1 aliphatic rings. The van der Waals surface area contributed by atoms with Crippen molar-refractivity contribution in [1.82, 2.24) is 14.9 Å². The van der Waals surface area contributed by atoms with E-state index >= 15 is 0 Å². The van der Waals surface area contributed by atoms with Gasteiger partial charge in [-0.15, -0.1) is 0 Å². The number of aryl methyl sites for hydroxylation is 3. The van der Waals surface area contributed by atoms with Gasteiger partial charge in [0.15, 0.2) is 0 Å². The Hall–Kier alpha value is -2.14. The van der Waals surface area contributed by atoms with Gasteiger partial charge in [-0.3, -0.25) is 9.69 Å². The summed E-state index contributed by atoms with van der Waals surface area (Å²) in [4.78, 5) is 22.4. The molecule has 0 bridgehead atoms. The Balaban J connectivity index is 1.80. The average Bonchev–Trinajstić information content (AvgIpc) is 2.58. The van der Waals surface area contributed by atoms with Crippen LogP contribution >= 0.6 is 0 Å². The maximum absolute atomic E-state index is 12.4. The summed E-state index contributed by atoms with van der Waals surface area (Å²) in [5, 5.41) is 0. The SMILES string of the molecule is CCCc1nc2c(c(=O)[nH]1)CN(Cc1cc(C)c(OC)cc1C)CC2. The number of fused-ring (bicyclic) bond motifs is 1. The Morgan fingerprint density at radius 2 is 2.08 bits per heavy atom. The van der Waals surface area contributed by atoms with Gasteiger partial charge in [-0.1, -0.05) is 13.0 Å². The van der Waals surface area contributed by atoms with Crippen molar-refractivity contribution in [3.63, 3.8) is 0 Å². The zero-order valence-electron chi connectivity index (χ0n) is 15.6. The van der Waals surface area contributed by atoms with E-state index in [4.69, 9.17) is 4.74 Å². The first-order valence-corrected chi connectivity index (χ1v) is 8.99. The summed E-state index contributed by atoms with van der Waals surface area (Å²) in [6, 6.07) is 4.28. The fourth-order valence-electron chi connectivity index (χ4n) is 3.50. The van der Waals surface area contributed by atoms with Crippen molar-refractivity contribution in [1.29, 1.82) is 0 Å². The highest BCUT2D eigenvalue weighted by Gasteiger charge is 2.21. The van der Waals surface area contributed by atoms with E-state index in [1.807, 2.05) is 0 Å². The van der Waals surface area contributed by atoms with Crippen LogP contribution in [0.5, 0.6) is 5.75 Å². The van der Waals surface area contributed by atoms with Gasteiger partial charge >= 0.3 is 0 Å². The summed E-state index contributed by atoms with van der Waals surface area (Å²) in [7, 11) is 1.70. The fraction of sp³-hybridized carbons (Fsp3) is 0.500. The van der Waals surface area contributed by atoms with Gasteiger partial charge in [0.1, 0.15) is 11.6 Å². The number of hydrogen-bond acceptors (Lipinski definition) is 4. The first-order valence-electron chi connectivity index (χ1n) is 8.99. The predicted molar refractivity (Wildman–Crippen MR) is 99.1 cm³/mol. The number of ether oxygens (including phenoxy) is 1. The lowest BCUT2D eigenvalue weighted by Gasteiger charge is -2.28. The number of methoxy groups -OCH3 is 1. The number of hydrogen-bond donors (Lipinski definition) is 1. The van der Waals surface area contributed by atoms with Crippen LogP contribution in [0.15, 0.2) is 16.9 Å². The molecule has 2 heterocycles. The Morgan fingerprint density at radius 3 is 2.80 bits per heavy atom. The van der Waals surface area contributed by atoms with E-state index in [1.165, 1.54) is 11.1 Å². The Morgan fingerprint density at radius 1 is 1.28 bits per heavy atom. The van der Waals surface area contributed by atoms with E-state index < -0.39 is 0 Å². The Bertz CT molecular complexity index is 826. The number of aromatic amines is 1. The summed E-state index contributed by atoms with van der Waals surface area (Å²) in [5.74, 6) is 1.75. The third-order valence-electron chi connectivity index (χ3n) is 4.93.